The molecule has 1 aromatic carbocycles. The molecule has 0 saturated heterocycles. The Kier molecular flexibility index (Phi) is 17.0. The van der Waals surface area contributed by atoms with Crippen LogP contribution < -0.4 is 0 Å². The fourth-order valence-corrected chi connectivity index (χ4v) is 1.38. The van der Waals surface area contributed by atoms with Crippen LogP contribution >= 0.6 is 23.5 Å². The summed E-state index contributed by atoms with van der Waals surface area (Å²) in [6.07, 6.45) is 2.57. The molecule has 1 rings (SSSR count). The van der Waals surface area contributed by atoms with Gasteiger partial charge in [-0.2, -0.15) is 0 Å². The third-order valence-electron chi connectivity index (χ3n) is 2.09. The van der Waals surface area contributed by atoms with E-state index < -0.39 is 23.5 Å². The molecule has 0 aliphatic carbocycles. The van der Waals surface area contributed by atoms with Crippen molar-refractivity contribution in [1.82, 2.24) is 0 Å². The van der Waals surface area contributed by atoms with Gasteiger partial charge in [0, 0.05) is 0 Å². The topological polar surface area (TPSA) is 233 Å². The summed E-state index contributed by atoms with van der Waals surface area (Å²) >= 11 is 0. The Bertz CT molecular complexity index is 517. The van der Waals surface area contributed by atoms with Crippen LogP contribution in [0.15, 0.2) is 30.3 Å². The van der Waals surface area contributed by atoms with Crippen molar-refractivity contribution in [2.24, 2.45) is 0 Å². The van der Waals surface area contributed by atoms with Gasteiger partial charge in [0.25, 0.3) is 0 Å². The minimum atomic E-state index is -4.64. The Morgan fingerprint density at radius 3 is 1.23 bits per heavy atom. The summed E-state index contributed by atoms with van der Waals surface area (Å²) in [6.45, 7) is 4.53. The van der Waals surface area contributed by atoms with Crippen LogP contribution in [0, 0.1) is 0 Å². The first-order valence-electron chi connectivity index (χ1n) is 6.74. The lowest BCUT2D eigenvalue weighted by Crippen LogP contribution is -1.91. The zero-order valence-corrected chi connectivity index (χ0v) is 16.7. The van der Waals surface area contributed by atoms with Gasteiger partial charge in [-0.05, 0) is 17.9 Å². The van der Waals surface area contributed by atoms with Crippen LogP contribution in [0.2, 0.25) is 0 Å². The lowest BCUT2D eigenvalue weighted by molar-refractivity contribution is 0.272. The highest BCUT2D eigenvalue weighted by Crippen LogP contribution is 2.26. The average Bonchev–Trinajstić information content (AvgIpc) is 2.34. The molecule has 15 heteroatoms. The summed E-state index contributed by atoms with van der Waals surface area (Å²) in [4.78, 5) is 64.7. The Hall–Kier alpha value is -0.450. The summed E-state index contributed by atoms with van der Waals surface area (Å²) in [7, 11) is -13.9. The van der Waals surface area contributed by atoms with E-state index in [0.29, 0.717) is 0 Å². The Balaban J connectivity index is -0.000000300. The highest BCUT2D eigenvalue weighted by molar-refractivity contribution is 7.45. The second kappa shape index (κ2) is 14.6. The molecule has 0 aliphatic rings. The maximum absolute atomic E-state index is 8.88. The molecule has 9 N–H and O–H groups in total. The van der Waals surface area contributed by atoms with Gasteiger partial charge >= 0.3 is 23.5 Å². The maximum atomic E-state index is 8.88. The smallest absolute Gasteiger partial charge is 0.303 e. The fraction of sp³-hybridized carbons (Fsp3) is 0.455. The zero-order chi connectivity index (χ0) is 21.6. The van der Waals surface area contributed by atoms with Crippen molar-refractivity contribution in [2.45, 2.75) is 32.6 Å². The van der Waals surface area contributed by atoms with E-state index >= 15 is 0 Å². The summed E-state index contributed by atoms with van der Waals surface area (Å²) in [5.41, 5.74) is 1.47. The second-order valence-electron chi connectivity index (χ2n) is 4.64. The largest absolute Gasteiger partial charge is 0.466 e. The third kappa shape index (κ3) is 56.6. The van der Waals surface area contributed by atoms with Gasteiger partial charge in [0.15, 0.2) is 0 Å². The van der Waals surface area contributed by atoms with Gasteiger partial charge in [-0.15, -0.1) is 0 Å². The molecule has 1 unspecified atom stereocenters. The maximum Gasteiger partial charge on any atom is 0.466 e. The van der Waals surface area contributed by atoms with Crippen LogP contribution in [-0.4, -0.2) is 44.0 Å². The number of hydrogen-bond donors (Lipinski definition) is 9. The molecule has 12 nitrogen and oxygen atoms in total. The quantitative estimate of drug-likeness (QED) is 0.296. The monoisotopic (exact) mass is 442 g/mol. The molecular weight excluding hydrogens is 417 g/mol. The zero-order valence-electron chi connectivity index (χ0n) is 14.0. The molecule has 0 aromatic heterocycles. The van der Waals surface area contributed by atoms with Crippen LogP contribution in [0.4, 0.5) is 0 Å². The SMILES string of the molecule is CCCC(C)c1ccccc1.O=P(O)(O)O.O=P(O)(O)O.O=P(O)(O)O. The van der Waals surface area contributed by atoms with Gasteiger partial charge in [0.1, 0.15) is 0 Å². The predicted molar refractivity (Wildman–Crippen MR) is 92.6 cm³/mol. The summed E-state index contributed by atoms with van der Waals surface area (Å²) in [5, 5.41) is 0. The van der Waals surface area contributed by atoms with Gasteiger partial charge in [0.2, 0.25) is 0 Å². The Morgan fingerprint density at radius 1 is 0.731 bits per heavy atom. The molecule has 1 atom stereocenters. The highest BCUT2D eigenvalue weighted by atomic mass is 31.2. The van der Waals surface area contributed by atoms with Crippen LogP contribution in [0.3, 0.4) is 0 Å². The molecule has 0 amide bonds. The van der Waals surface area contributed by atoms with Crippen LogP contribution in [0.5, 0.6) is 0 Å². The van der Waals surface area contributed by atoms with Crippen molar-refractivity contribution in [3.8, 4) is 0 Å². The second-order valence-corrected chi connectivity index (χ2v) is 7.72. The van der Waals surface area contributed by atoms with E-state index in [1.54, 1.807) is 0 Å². The van der Waals surface area contributed by atoms with E-state index in [4.69, 9.17) is 57.7 Å². The molecular formula is C11H25O12P3. The van der Waals surface area contributed by atoms with Crippen molar-refractivity contribution < 1.29 is 57.7 Å². The number of phosphoric acid groups is 3. The average molecular weight is 442 g/mol. The molecule has 156 valence electrons. The molecule has 0 fully saturated rings. The molecule has 0 bridgehead atoms. The van der Waals surface area contributed by atoms with E-state index in [9.17, 15) is 0 Å². The van der Waals surface area contributed by atoms with Crippen molar-refractivity contribution in [3.05, 3.63) is 35.9 Å². The minimum Gasteiger partial charge on any atom is -0.303 e. The van der Waals surface area contributed by atoms with E-state index in [0.717, 1.165) is 5.92 Å². The van der Waals surface area contributed by atoms with E-state index in [2.05, 4.69) is 44.2 Å². The molecule has 26 heavy (non-hydrogen) atoms. The van der Waals surface area contributed by atoms with Crippen LogP contribution in [0.25, 0.3) is 0 Å². The van der Waals surface area contributed by atoms with Crippen LogP contribution in [-0.2, 0) is 13.7 Å². The van der Waals surface area contributed by atoms with Gasteiger partial charge in [-0.3, -0.25) is 0 Å². The summed E-state index contributed by atoms with van der Waals surface area (Å²) < 4.78 is 26.6. The third-order valence-corrected chi connectivity index (χ3v) is 2.09. The predicted octanol–water partition coefficient (Wildman–Crippen LogP) is 0.804. The Labute approximate surface area is 150 Å². The first-order chi connectivity index (χ1) is 11.3. The number of benzene rings is 1. The fourth-order valence-electron chi connectivity index (χ4n) is 1.38. The lowest BCUT2D eigenvalue weighted by Gasteiger charge is -2.08. The highest BCUT2D eigenvalue weighted by Gasteiger charge is 2.02. The summed E-state index contributed by atoms with van der Waals surface area (Å²) in [5.74, 6) is 0.723. The first-order valence-corrected chi connectivity index (χ1v) is 11.4. The molecule has 0 spiro atoms. The van der Waals surface area contributed by atoms with Crippen molar-refractivity contribution >= 4 is 23.5 Å². The lowest BCUT2D eigenvalue weighted by atomic mass is 9.97. The van der Waals surface area contributed by atoms with Crippen LogP contribution in [0.1, 0.15) is 38.2 Å². The van der Waals surface area contributed by atoms with Gasteiger partial charge in [-0.1, -0.05) is 50.6 Å². The minimum absolute atomic E-state index is 0.723. The van der Waals surface area contributed by atoms with Crippen molar-refractivity contribution in [3.63, 3.8) is 0 Å². The molecule has 1 aromatic rings. The molecule has 0 saturated carbocycles. The van der Waals surface area contributed by atoms with Gasteiger partial charge < -0.3 is 44.0 Å². The first kappa shape index (κ1) is 30.3. The summed E-state index contributed by atoms with van der Waals surface area (Å²) in [6, 6.07) is 10.7. The van der Waals surface area contributed by atoms with Gasteiger partial charge in [0.05, 0.1) is 0 Å². The molecule has 0 radical (unpaired) electrons. The van der Waals surface area contributed by atoms with E-state index in [1.807, 2.05) is 0 Å². The van der Waals surface area contributed by atoms with E-state index in [-0.39, 0.29) is 0 Å². The van der Waals surface area contributed by atoms with Crippen molar-refractivity contribution in [1.29, 1.82) is 0 Å². The standard InChI is InChI=1S/C11H16.3H3O4P/c1-3-7-10(2)11-8-5-4-6-9-11;3*1-5(2,3)4/h4-6,8-10H,3,7H2,1-2H3;3*(H3,1,2,3,4). The molecule has 0 heterocycles. The number of rotatable bonds is 3. The van der Waals surface area contributed by atoms with E-state index in [1.165, 1.54) is 18.4 Å². The molecule has 0 aliphatic heterocycles. The normalized spacial score (nSPS) is 12.3. The van der Waals surface area contributed by atoms with Crippen molar-refractivity contribution in [2.75, 3.05) is 0 Å². The van der Waals surface area contributed by atoms with Gasteiger partial charge in [-0.25, -0.2) is 13.7 Å². The Morgan fingerprint density at radius 2 is 1.00 bits per heavy atom. The number of hydrogen-bond acceptors (Lipinski definition) is 3.